The van der Waals surface area contributed by atoms with E-state index in [1.807, 2.05) is 11.1 Å². The van der Waals surface area contributed by atoms with Crippen LogP contribution < -0.4 is 9.47 Å². The Morgan fingerprint density at radius 1 is 1.38 bits per heavy atom. The average molecular weight is 394 g/mol. The van der Waals surface area contributed by atoms with E-state index in [1.165, 1.54) is 11.1 Å². The molecule has 3 aliphatic rings. The highest BCUT2D eigenvalue weighted by Gasteiger charge is 2.34. The fourth-order valence-corrected chi connectivity index (χ4v) is 4.05. The highest BCUT2D eigenvalue weighted by molar-refractivity contribution is 6.03. The van der Waals surface area contributed by atoms with Gasteiger partial charge in [0, 0.05) is 25.2 Å². The second-order valence-corrected chi connectivity index (χ2v) is 7.59. The lowest BCUT2D eigenvalue weighted by atomic mass is 9.88. The summed E-state index contributed by atoms with van der Waals surface area (Å²) in [6.07, 6.45) is 10.3. The third-order valence-corrected chi connectivity index (χ3v) is 5.60. The summed E-state index contributed by atoms with van der Waals surface area (Å²) < 4.78 is 11.3. The van der Waals surface area contributed by atoms with Crippen LogP contribution in [0.25, 0.3) is 0 Å². The van der Waals surface area contributed by atoms with E-state index in [9.17, 15) is 9.90 Å². The van der Waals surface area contributed by atoms with Gasteiger partial charge in [0.05, 0.1) is 36.8 Å². The van der Waals surface area contributed by atoms with Gasteiger partial charge in [-0.1, -0.05) is 18.7 Å². The molecule has 1 aromatic carbocycles. The normalized spacial score (nSPS) is 20.0. The predicted molar refractivity (Wildman–Crippen MR) is 112 cm³/mol. The summed E-state index contributed by atoms with van der Waals surface area (Å²) in [5, 5.41) is 9.20. The third-order valence-electron chi connectivity index (χ3n) is 5.60. The Balaban J connectivity index is 1.60. The van der Waals surface area contributed by atoms with Gasteiger partial charge in [-0.25, -0.2) is 0 Å². The fraction of sp³-hybridized carbons (Fsp3) is 0.391. The molecular weight excluding hydrogens is 368 g/mol. The molecule has 1 aromatic rings. The van der Waals surface area contributed by atoms with Crippen LogP contribution in [0.4, 0.5) is 5.69 Å². The second kappa shape index (κ2) is 8.15. The van der Waals surface area contributed by atoms with Gasteiger partial charge in [0.15, 0.2) is 11.5 Å². The van der Waals surface area contributed by atoms with Crippen LogP contribution in [-0.2, 0) is 0 Å². The number of benzene rings is 1. The number of methoxy groups -OCH3 is 1. The van der Waals surface area contributed by atoms with Crippen molar-refractivity contribution < 1.29 is 19.4 Å². The summed E-state index contributed by atoms with van der Waals surface area (Å²) >= 11 is 0. The molecule has 29 heavy (non-hydrogen) atoms. The number of hydrogen-bond donors (Lipinski definition) is 1. The van der Waals surface area contributed by atoms with E-state index in [-0.39, 0.29) is 17.7 Å². The summed E-state index contributed by atoms with van der Waals surface area (Å²) in [6.45, 7) is 4.54. The minimum Gasteiger partial charge on any atom is -0.513 e. The molecule has 0 saturated carbocycles. The van der Waals surface area contributed by atoms with Crippen LogP contribution in [0.15, 0.2) is 52.8 Å². The molecular formula is C23H26N2O4. The van der Waals surface area contributed by atoms with Crippen molar-refractivity contribution in [1.82, 2.24) is 4.90 Å². The Kier molecular flexibility index (Phi) is 5.43. The quantitative estimate of drug-likeness (QED) is 0.569. The van der Waals surface area contributed by atoms with E-state index >= 15 is 0 Å². The molecule has 1 aliphatic carbocycles. The van der Waals surface area contributed by atoms with Crippen molar-refractivity contribution in [3.05, 3.63) is 53.3 Å². The third kappa shape index (κ3) is 3.92. The van der Waals surface area contributed by atoms with Gasteiger partial charge in [0.2, 0.25) is 0 Å². The first kappa shape index (κ1) is 19.3. The van der Waals surface area contributed by atoms with E-state index in [1.54, 1.807) is 19.2 Å². The fourth-order valence-electron chi connectivity index (χ4n) is 4.05. The topological polar surface area (TPSA) is 71.4 Å². The summed E-state index contributed by atoms with van der Waals surface area (Å²) in [5.41, 5.74) is 3.83. The molecule has 0 spiro atoms. The number of carbonyl (C=O) groups excluding carboxylic acids is 1. The van der Waals surface area contributed by atoms with Crippen molar-refractivity contribution >= 4 is 17.8 Å². The van der Waals surface area contributed by atoms with Gasteiger partial charge in [-0.2, -0.15) is 0 Å². The number of carbonyl (C=O) groups is 1. The van der Waals surface area contributed by atoms with Crippen LogP contribution >= 0.6 is 0 Å². The summed E-state index contributed by atoms with van der Waals surface area (Å²) in [4.78, 5) is 19.9. The Morgan fingerprint density at radius 2 is 2.24 bits per heavy atom. The van der Waals surface area contributed by atoms with Crippen molar-refractivity contribution in [2.45, 2.75) is 38.1 Å². The number of aliphatic imine (C=N–C) groups is 1. The second-order valence-electron chi connectivity index (χ2n) is 7.59. The SMILES string of the molecule is C=C(O)CCCOc1cc2c(cc1OC)C(=O)N1CC3=C(C=CCC3)CC1C=N2. The van der Waals surface area contributed by atoms with E-state index in [0.29, 0.717) is 48.7 Å². The lowest BCUT2D eigenvalue weighted by molar-refractivity contribution is 0.0735. The number of rotatable bonds is 6. The summed E-state index contributed by atoms with van der Waals surface area (Å²) in [7, 11) is 1.56. The zero-order valence-electron chi connectivity index (χ0n) is 16.7. The van der Waals surface area contributed by atoms with Gasteiger partial charge in [0.1, 0.15) is 0 Å². The van der Waals surface area contributed by atoms with Gasteiger partial charge in [0.25, 0.3) is 5.91 Å². The zero-order chi connectivity index (χ0) is 20.4. The first-order chi connectivity index (χ1) is 14.1. The number of fused-ring (bicyclic) bond motifs is 2. The maximum absolute atomic E-state index is 13.3. The molecule has 4 rings (SSSR count). The standard InChI is InChI=1S/C23H26N2O4/c1-15(26)6-5-9-29-22-12-20-19(11-21(22)28-2)23(27)25-14-17-8-4-3-7-16(17)10-18(25)13-24-20/h3,7,11-13,18,26H,1,4-6,8-10,14H2,2H3. The van der Waals surface area contributed by atoms with Crippen LogP contribution in [-0.4, -0.2) is 48.4 Å². The lowest BCUT2D eigenvalue weighted by Gasteiger charge is -2.36. The smallest absolute Gasteiger partial charge is 0.257 e. The number of allylic oxidation sites excluding steroid dienone is 3. The Morgan fingerprint density at radius 3 is 3.03 bits per heavy atom. The van der Waals surface area contributed by atoms with Crippen molar-refractivity contribution in [3.63, 3.8) is 0 Å². The molecule has 1 amide bonds. The Hall–Kier alpha value is -3.02. The molecule has 152 valence electrons. The Labute approximate surface area is 170 Å². The summed E-state index contributed by atoms with van der Waals surface area (Å²) in [6, 6.07) is 3.45. The van der Waals surface area contributed by atoms with Crippen LogP contribution in [0.2, 0.25) is 0 Å². The number of nitrogens with zero attached hydrogens (tertiary/aromatic N) is 2. The lowest BCUT2D eigenvalue weighted by Crippen LogP contribution is -2.45. The molecule has 0 bridgehead atoms. The minimum atomic E-state index is -0.0395. The highest BCUT2D eigenvalue weighted by atomic mass is 16.5. The van der Waals surface area contributed by atoms with Gasteiger partial charge in [-0.05, 0) is 42.9 Å². The van der Waals surface area contributed by atoms with Gasteiger partial charge in [-0.3, -0.25) is 9.79 Å². The van der Waals surface area contributed by atoms with Crippen LogP contribution in [0, 0.1) is 0 Å². The molecule has 2 aliphatic heterocycles. The Bertz CT molecular complexity index is 929. The summed E-state index contributed by atoms with van der Waals surface area (Å²) in [5.74, 6) is 1.16. The van der Waals surface area contributed by atoms with Gasteiger partial charge in [-0.15, -0.1) is 0 Å². The number of aliphatic hydroxyl groups is 1. The number of aliphatic hydroxyl groups excluding tert-OH is 1. The van der Waals surface area contributed by atoms with Crippen molar-refractivity contribution in [2.24, 2.45) is 4.99 Å². The van der Waals surface area contributed by atoms with Crippen molar-refractivity contribution in [1.29, 1.82) is 0 Å². The molecule has 0 fully saturated rings. The molecule has 1 unspecified atom stereocenters. The minimum absolute atomic E-state index is 0.0231. The number of ether oxygens (including phenoxy) is 2. The van der Waals surface area contributed by atoms with E-state index in [0.717, 1.165) is 19.3 Å². The number of amides is 1. The predicted octanol–water partition coefficient (Wildman–Crippen LogP) is 4.50. The first-order valence-corrected chi connectivity index (χ1v) is 10.0. The maximum Gasteiger partial charge on any atom is 0.257 e. The molecule has 1 atom stereocenters. The first-order valence-electron chi connectivity index (χ1n) is 10.0. The maximum atomic E-state index is 13.3. The van der Waals surface area contributed by atoms with E-state index < -0.39 is 0 Å². The molecule has 2 heterocycles. The van der Waals surface area contributed by atoms with E-state index in [4.69, 9.17) is 9.47 Å². The molecule has 1 N–H and O–H groups in total. The van der Waals surface area contributed by atoms with E-state index in [2.05, 4.69) is 23.7 Å². The largest absolute Gasteiger partial charge is 0.513 e. The van der Waals surface area contributed by atoms with Crippen molar-refractivity contribution in [3.8, 4) is 11.5 Å². The highest BCUT2D eigenvalue weighted by Crippen LogP contribution is 2.39. The van der Waals surface area contributed by atoms with Crippen LogP contribution in [0.1, 0.15) is 42.5 Å². The number of hydrogen-bond acceptors (Lipinski definition) is 5. The van der Waals surface area contributed by atoms with Gasteiger partial charge >= 0.3 is 0 Å². The molecule has 6 heteroatoms. The average Bonchev–Trinajstić information content (AvgIpc) is 2.85. The van der Waals surface area contributed by atoms with Crippen LogP contribution in [0.5, 0.6) is 11.5 Å². The monoisotopic (exact) mass is 394 g/mol. The zero-order valence-corrected chi connectivity index (χ0v) is 16.7. The molecule has 0 saturated heterocycles. The molecule has 0 radical (unpaired) electrons. The molecule has 0 aromatic heterocycles. The molecule has 6 nitrogen and oxygen atoms in total. The van der Waals surface area contributed by atoms with Crippen molar-refractivity contribution in [2.75, 3.05) is 20.3 Å². The van der Waals surface area contributed by atoms with Gasteiger partial charge < -0.3 is 19.5 Å². The van der Waals surface area contributed by atoms with Crippen LogP contribution in [0.3, 0.4) is 0 Å².